The summed E-state index contributed by atoms with van der Waals surface area (Å²) in [7, 11) is 6.84. The number of rotatable bonds is 8. The summed E-state index contributed by atoms with van der Waals surface area (Å²) >= 11 is 5.22. The van der Waals surface area contributed by atoms with Crippen LogP contribution in [0.3, 0.4) is 0 Å². The Morgan fingerprint density at radius 2 is 0.733 bits per heavy atom. The average Bonchev–Trinajstić information content (AvgIpc) is 3.66. The number of methoxy groups -OCH3 is 4. The van der Waals surface area contributed by atoms with Crippen molar-refractivity contribution in [1.29, 1.82) is 0 Å². The second-order valence-corrected chi connectivity index (χ2v) is 14.3. The predicted octanol–water partition coefficient (Wildman–Crippen LogP) is 10.2. The highest BCUT2D eigenvalue weighted by atomic mass is 32.1. The van der Waals surface area contributed by atoms with Gasteiger partial charge in [0, 0.05) is 9.75 Å². The minimum Gasteiger partial charge on any atom is -0.496 e. The van der Waals surface area contributed by atoms with E-state index in [0.29, 0.717) is 13.2 Å². The van der Waals surface area contributed by atoms with Gasteiger partial charge in [-0.25, -0.2) is 0 Å². The van der Waals surface area contributed by atoms with Crippen LogP contribution in [0.5, 0.6) is 34.5 Å². The number of ether oxygens (including phenoxy) is 6. The zero-order chi connectivity index (χ0) is 32.2. The molecule has 1 aliphatic heterocycles. The summed E-state index contributed by atoms with van der Waals surface area (Å²) in [6.07, 6.45) is 0. The van der Waals surface area contributed by atoms with Crippen molar-refractivity contribution < 1.29 is 28.4 Å². The topological polar surface area (TPSA) is 55.4 Å². The summed E-state index contributed by atoms with van der Waals surface area (Å²) in [5, 5.41) is 0. The number of hydrogen-bond donors (Lipinski definition) is 0. The van der Waals surface area contributed by atoms with Crippen molar-refractivity contribution in [3.05, 3.63) is 57.6 Å². The van der Waals surface area contributed by atoms with Gasteiger partial charge in [-0.05, 0) is 99.2 Å². The van der Waals surface area contributed by atoms with Crippen LogP contribution < -0.4 is 28.4 Å². The molecule has 0 fully saturated rings. The fourth-order valence-corrected chi connectivity index (χ4v) is 10.2. The number of thiophene rings is 3. The molecule has 0 radical (unpaired) electrons. The Kier molecular flexibility index (Phi) is 8.54. The van der Waals surface area contributed by atoms with E-state index in [4.69, 9.17) is 28.4 Å². The zero-order valence-corrected chi connectivity index (χ0v) is 29.8. The van der Waals surface area contributed by atoms with Gasteiger partial charge in [0.1, 0.15) is 36.2 Å². The van der Waals surface area contributed by atoms with Gasteiger partial charge in [0.25, 0.3) is 0 Å². The minimum atomic E-state index is 0.511. The smallest absolute Gasteiger partial charge is 0.181 e. The molecule has 9 heteroatoms. The van der Waals surface area contributed by atoms with Gasteiger partial charge in [-0.15, -0.1) is 34.0 Å². The maximum absolute atomic E-state index is 6.38. The first-order chi connectivity index (χ1) is 21.6. The minimum absolute atomic E-state index is 0.511. The third kappa shape index (κ3) is 5.15. The predicted molar refractivity (Wildman–Crippen MR) is 187 cm³/mol. The van der Waals surface area contributed by atoms with Gasteiger partial charge in [-0.1, -0.05) is 0 Å². The quantitative estimate of drug-likeness (QED) is 0.165. The first kappa shape index (κ1) is 31.3. The maximum atomic E-state index is 6.38. The van der Waals surface area contributed by atoms with Gasteiger partial charge in [0.05, 0.1) is 59.1 Å². The molecule has 2 aromatic carbocycles. The number of hydrogen-bond acceptors (Lipinski definition) is 9. The van der Waals surface area contributed by atoms with Crippen molar-refractivity contribution in [2.75, 3.05) is 41.7 Å². The first-order valence-corrected chi connectivity index (χ1v) is 17.2. The first-order valence-electron chi connectivity index (χ1n) is 14.7. The third-order valence-electron chi connectivity index (χ3n) is 8.46. The van der Waals surface area contributed by atoms with Gasteiger partial charge < -0.3 is 28.4 Å². The molecular weight excluding hydrogens is 625 g/mol. The molecule has 5 aromatic rings. The van der Waals surface area contributed by atoms with Crippen LogP contribution in [0.2, 0.25) is 0 Å². The van der Waals surface area contributed by atoms with Crippen molar-refractivity contribution in [3.8, 4) is 74.9 Å². The molecule has 45 heavy (non-hydrogen) atoms. The summed E-state index contributed by atoms with van der Waals surface area (Å²) in [6, 6.07) is 8.24. The number of benzene rings is 2. The Balaban J connectivity index is 1.55. The van der Waals surface area contributed by atoms with Gasteiger partial charge in [-0.2, -0.15) is 0 Å². The van der Waals surface area contributed by atoms with Crippen LogP contribution in [0.4, 0.5) is 0 Å². The highest BCUT2D eigenvalue weighted by Crippen LogP contribution is 2.60. The van der Waals surface area contributed by atoms with Crippen LogP contribution in [0, 0.1) is 41.5 Å². The van der Waals surface area contributed by atoms with E-state index >= 15 is 0 Å². The second-order valence-electron chi connectivity index (χ2n) is 11.2. The van der Waals surface area contributed by atoms with Crippen LogP contribution in [-0.2, 0) is 0 Å². The van der Waals surface area contributed by atoms with Crippen molar-refractivity contribution in [2.24, 2.45) is 0 Å². The Morgan fingerprint density at radius 1 is 0.444 bits per heavy atom. The lowest BCUT2D eigenvalue weighted by molar-refractivity contribution is 0.175. The molecule has 236 valence electrons. The number of aryl methyl sites for hydroxylation is 2. The van der Waals surface area contributed by atoms with E-state index in [9.17, 15) is 0 Å². The highest BCUT2D eigenvalue weighted by Gasteiger charge is 2.32. The summed E-state index contributed by atoms with van der Waals surface area (Å²) in [5.41, 5.74) is 8.92. The molecule has 0 unspecified atom stereocenters. The molecule has 3 aromatic heterocycles. The number of fused-ring (bicyclic) bond motifs is 1. The zero-order valence-electron chi connectivity index (χ0n) is 27.4. The third-order valence-corrected chi connectivity index (χ3v) is 12.8. The lowest BCUT2D eigenvalue weighted by Gasteiger charge is -2.17. The normalized spacial score (nSPS) is 12.4. The molecule has 6 rings (SSSR count). The molecule has 4 heterocycles. The SMILES string of the molecule is COc1cc(C)cc(OC)c1-c1sc(-c2sc(-c3sc(-c4c(OC)cc(C)cc4OC)c(C)c3C)c3c2OCCO3)c(C)c1C. The summed E-state index contributed by atoms with van der Waals surface area (Å²) in [4.78, 5) is 6.75. The van der Waals surface area contributed by atoms with E-state index in [1.165, 1.54) is 32.0 Å². The van der Waals surface area contributed by atoms with E-state index in [1.54, 1.807) is 62.4 Å². The molecule has 0 aliphatic carbocycles. The second kappa shape index (κ2) is 12.3. The van der Waals surface area contributed by atoms with E-state index in [1.807, 2.05) is 13.8 Å². The standard InChI is InChI=1S/C36H38O6S3/c1-17-13-23(37-7)27(24(14-17)38-8)31-19(3)21(5)33(43-31)35-29-30(42-12-11-41-29)36(45-35)34-22(6)20(4)32(44-34)28-25(39-9)15-18(2)16-26(28)40-10/h13-16H,11-12H2,1-10H3. The lowest BCUT2D eigenvalue weighted by atomic mass is 10.0. The van der Waals surface area contributed by atoms with E-state index in [0.717, 1.165) is 76.3 Å². The summed E-state index contributed by atoms with van der Waals surface area (Å²) < 4.78 is 36.2. The molecule has 0 amide bonds. The largest absolute Gasteiger partial charge is 0.496 e. The summed E-state index contributed by atoms with van der Waals surface area (Å²) in [5.74, 6) is 4.84. The summed E-state index contributed by atoms with van der Waals surface area (Å²) in [6.45, 7) is 13.8. The fourth-order valence-electron chi connectivity index (χ4n) is 5.88. The lowest BCUT2D eigenvalue weighted by Crippen LogP contribution is -2.14. The van der Waals surface area contributed by atoms with Gasteiger partial charge in [0.15, 0.2) is 11.5 Å². The monoisotopic (exact) mass is 662 g/mol. The van der Waals surface area contributed by atoms with Gasteiger partial charge in [0.2, 0.25) is 0 Å². The molecule has 1 aliphatic rings. The molecule has 0 saturated carbocycles. The molecule has 0 bridgehead atoms. The average molecular weight is 663 g/mol. The van der Waals surface area contributed by atoms with E-state index in [2.05, 4.69) is 52.0 Å². The van der Waals surface area contributed by atoms with E-state index < -0.39 is 0 Å². The van der Waals surface area contributed by atoms with Crippen LogP contribution in [0.25, 0.3) is 40.4 Å². The highest BCUT2D eigenvalue weighted by molar-refractivity contribution is 7.28. The van der Waals surface area contributed by atoms with Crippen molar-refractivity contribution >= 4 is 34.0 Å². The molecule has 0 atom stereocenters. The Bertz CT molecular complexity index is 1740. The molecule has 0 saturated heterocycles. The van der Waals surface area contributed by atoms with Crippen LogP contribution in [-0.4, -0.2) is 41.7 Å². The molecule has 0 N–H and O–H groups in total. The van der Waals surface area contributed by atoms with Gasteiger partial charge >= 0.3 is 0 Å². The van der Waals surface area contributed by atoms with E-state index in [-0.39, 0.29) is 0 Å². The Morgan fingerprint density at radius 3 is 1.04 bits per heavy atom. The van der Waals surface area contributed by atoms with Crippen molar-refractivity contribution in [2.45, 2.75) is 41.5 Å². The van der Waals surface area contributed by atoms with Crippen molar-refractivity contribution in [3.63, 3.8) is 0 Å². The Hall–Kier alpha value is -3.66. The van der Waals surface area contributed by atoms with Crippen LogP contribution >= 0.6 is 34.0 Å². The molecule has 6 nitrogen and oxygen atoms in total. The van der Waals surface area contributed by atoms with Crippen LogP contribution in [0.1, 0.15) is 33.4 Å². The van der Waals surface area contributed by atoms with Crippen LogP contribution in [0.15, 0.2) is 24.3 Å². The van der Waals surface area contributed by atoms with Gasteiger partial charge in [-0.3, -0.25) is 0 Å². The molecular formula is C36H38O6S3. The maximum Gasteiger partial charge on any atom is 0.181 e. The Labute approximate surface area is 277 Å². The molecule has 0 spiro atoms. The fraction of sp³-hybridized carbons (Fsp3) is 0.333. The van der Waals surface area contributed by atoms with Crippen molar-refractivity contribution in [1.82, 2.24) is 0 Å².